The van der Waals surface area contributed by atoms with E-state index < -0.39 is 0 Å². The minimum atomic E-state index is 0.460. The molecule has 0 aliphatic heterocycles. The Balaban J connectivity index is 2.13. The van der Waals surface area contributed by atoms with Gasteiger partial charge in [0.2, 0.25) is 0 Å². The third-order valence-electron chi connectivity index (χ3n) is 4.08. The van der Waals surface area contributed by atoms with Crippen molar-refractivity contribution in [1.29, 1.82) is 0 Å². The molecule has 1 unspecified atom stereocenters. The van der Waals surface area contributed by atoms with Crippen molar-refractivity contribution in [3.63, 3.8) is 0 Å². The molecule has 1 saturated carbocycles. The summed E-state index contributed by atoms with van der Waals surface area (Å²) < 4.78 is 0. The van der Waals surface area contributed by atoms with Gasteiger partial charge in [0.05, 0.1) is 0 Å². The summed E-state index contributed by atoms with van der Waals surface area (Å²) in [5, 5.41) is 4.14. The zero-order valence-electron chi connectivity index (χ0n) is 12.2. The largest absolute Gasteiger partial charge is 0.367 e. The molecule has 1 fully saturated rings. The normalized spacial score (nSPS) is 17.7. The summed E-state index contributed by atoms with van der Waals surface area (Å²) in [6.45, 7) is 6.37. The Hall–Kier alpha value is -0.830. The van der Waals surface area contributed by atoms with E-state index in [0.717, 1.165) is 36.0 Å². The smallest absolute Gasteiger partial charge is 0.137 e. The van der Waals surface area contributed by atoms with Crippen LogP contribution in [0.1, 0.15) is 57.3 Å². The summed E-state index contributed by atoms with van der Waals surface area (Å²) in [6.07, 6.45) is 7.30. The van der Waals surface area contributed by atoms with Gasteiger partial charge in [-0.3, -0.25) is 0 Å². The lowest BCUT2D eigenvalue weighted by Gasteiger charge is -2.22. The van der Waals surface area contributed by atoms with E-state index in [0.29, 0.717) is 11.2 Å². The fourth-order valence-electron chi connectivity index (χ4n) is 2.80. The summed E-state index contributed by atoms with van der Waals surface area (Å²) in [7, 11) is 0. The molecule has 1 atom stereocenters. The van der Waals surface area contributed by atoms with Crippen LogP contribution in [0.2, 0.25) is 5.15 Å². The number of hydrogen-bond acceptors (Lipinski definition) is 3. The van der Waals surface area contributed by atoms with E-state index in [1.54, 1.807) is 0 Å². The van der Waals surface area contributed by atoms with E-state index in [1.165, 1.54) is 25.7 Å². The maximum atomic E-state index is 6.21. The van der Waals surface area contributed by atoms with Gasteiger partial charge in [-0.05, 0) is 39.0 Å². The van der Waals surface area contributed by atoms with Crippen LogP contribution >= 0.6 is 11.6 Å². The van der Waals surface area contributed by atoms with E-state index in [9.17, 15) is 0 Å². The van der Waals surface area contributed by atoms with Crippen molar-refractivity contribution in [3.05, 3.63) is 16.5 Å². The second-order valence-corrected chi connectivity index (χ2v) is 5.99. The van der Waals surface area contributed by atoms with Crippen LogP contribution in [-0.4, -0.2) is 16.0 Å². The fraction of sp³-hybridized carbons (Fsp3) is 0.733. The highest BCUT2D eigenvalue weighted by Crippen LogP contribution is 2.30. The highest BCUT2D eigenvalue weighted by Gasteiger charge is 2.22. The maximum absolute atomic E-state index is 6.21. The predicted molar refractivity (Wildman–Crippen MR) is 80.8 cm³/mol. The first kappa shape index (κ1) is 14.6. The van der Waals surface area contributed by atoms with Crippen molar-refractivity contribution in [2.45, 2.75) is 65.3 Å². The Morgan fingerprint density at radius 3 is 2.63 bits per heavy atom. The topological polar surface area (TPSA) is 37.8 Å². The minimum absolute atomic E-state index is 0.460. The molecular formula is C15H24ClN3. The Bertz CT molecular complexity index is 428. The van der Waals surface area contributed by atoms with Gasteiger partial charge in [0, 0.05) is 18.0 Å². The lowest BCUT2D eigenvalue weighted by molar-refractivity contribution is 0.480. The molecule has 1 aromatic rings. The standard InChI is InChI=1S/C15H24ClN3/c1-4-7-13-18-14(16)10(2)15(19-13)17-11(3)12-8-5-6-9-12/h11-12H,4-9H2,1-3H3,(H,17,18,19). The molecule has 0 radical (unpaired) electrons. The maximum Gasteiger partial charge on any atom is 0.137 e. The van der Waals surface area contributed by atoms with Gasteiger partial charge in [-0.15, -0.1) is 0 Å². The van der Waals surface area contributed by atoms with Crippen LogP contribution in [0.15, 0.2) is 0 Å². The molecular weight excluding hydrogens is 258 g/mol. The molecule has 19 heavy (non-hydrogen) atoms. The Kier molecular flexibility index (Phi) is 5.03. The van der Waals surface area contributed by atoms with Crippen LogP contribution < -0.4 is 5.32 Å². The SMILES string of the molecule is CCCc1nc(Cl)c(C)c(NC(C)C2CCCC2)n1. The lowest BCUT2D eigenvalue weighted by atomic mass is 10.00. The summed E-state index contributed by atoms with van der Waals surface area (Å²) in [6, 6.07) is 0.460. The van der Waals surface area contributed by atoms with Gasteiger partial charge in [-0.1, -0.05) is 31.4 Å². The molecule has 3 nitrogen and oxygen atoms in total. The summed E-state index contributed by atoms with van der Waals surface area (Å²) in [5.41, 5.74) is 0.964. The molecule has 0 bridgehead atoms. The molecule has 0 aromatic carbocycles. The molecule has 106 valence electrons. The van der Waals surface area contributed by atoms with Crippen molar-refractivity contribution < 1.29 is 0 Å². The number of hydrogen-bond donors (Lipinski definition) is 1. The van der Waals surface area contributed by atoms with E-state index in [4.69, 9.17) is 11.6 Å². The van der Waals surface area contributed by atoms with Gasteiger partial charge < -0.3 is 5.32 Å². The molecule has 0 amide bonds. The zero-order valence-corrected chi connectivity index (χ0v) is 12.9. The van der Waals surface area contributed by atoms with E-state index in [1.807, 2.05) is 6.92 Å². The Morgan fingerprint density at radius 1 is 1.32 bits per heavy atom. The molecule has 2 rings (SSSR count). The average Bonchev–Trinajstić information content (AvgIpc) is 2.89. The van der Waals surface area contributed by atoms with Crippen LogP contribution in [0.25, 0.3) is 0 Å². The molecule has 1 aliphatic rings. The number of aryl methyl sites for hydroxylation is 1. The van der Waals surface area contributed by atoms with Gasteiger partial charge in [-0.2, -0.15) is 0 Å². The van der Waals surface area contributed by atoms with Gasteiger partial charge in [0.25, 0.3) is 0 Å². The summed E-state index contributed by atoms with van der Waals surface area (Å²) in [5.74, 6) is 2.53. The van der Waals surface area contributed by atoms with Crippen LogP contribution in [-0.2, 0) is 6.42 Å². The molecule has 0 saturated heterocycles. The molecule has 1 aliphatic carbocycles. The monoisotopic (exact) mass is 281 g/mol. The number of nitrogens with zero attached hydrogens (tertiary/aromatic N) is 2. The highest BCUT2D eigenvalue weighted by atomic mass is 35.5. The minimum Gasteiger partial charge on any atom is -0.367 e. The summed E-state index contributed by atoms with van der Waals surface area (Å²) >= 11 is 6.21. The molecule has 1 N–H and O–H groups in total. The quantitative estimate of drug-likeness (QED) is 0.814. The Labute approximate surface area is 121 Å². The van der Waals surface area contributed by atoms with Crippen LogP contribution in [0, 0.1) is 12.8 Å². The second kappa shape index (κ2) is 6.56. The van der Waals surface area contributed by atoms with Crippen LogP contribution in [0.3, 0.4) is 0 Å². The predicted octanol–water partition coefficient (Wildman–Crippen LogP) is 4.38. The number of halogens is 1. The van der Waals surface area contributed by atoms with Crippen molar-refractivity contribution in [2.75, 3.05) is 5.32 Å². The zero-order chi connectivity index (χ0) is 13.8. The first-order valence-corrected chi connectivity index (χ1v) is 7.79. The van der Waals surface area contributed by atoms with Crippen molar-refractivity contribution >= 4 is 17.4 Å². The third kappa shape index (κ3) is 3.59. The Morgan fingerprint density at radius 2 is 2.00 bits per heavy atom. The van der Waals surface area contributed by atoms with Gasteiger partial charge in [0.1, 0.15) is 16.8 Å². The molecule has 1 aromatic heterocycles. The van der Waals surface area contributed by atoms with E-state index >= 15 is 0 Å². The van der Waals surface area contributed by atoms with E-state index in [-0.39, 0.29) is 0 Å². The first-order valence-electron chi connectivity index (χ1n) is 7.41. The van der Waals surface area contributed by atoms with Crippen molar-refractivity contribution in [2.24, 2.45) is 5.92 Å². The number of anilines is 1. The van der Waals surface area contributed by atoms with Gasteiger partial charge in [-0.25, -0.2) is 9.97 Å². The van der Waals surface area contributed by atoms with E-state index in [2.05, 4.69) is 29.1 Å². The first-order chi connectivity index (χ1) is 9.11. The van der Waals surface area contributed by atoms with Crippen molar-refractivity contribution in [3.8, 4) is 0 Å². The molecule has 1 heterocycles. The summed E-state index contributed by atoms with van der Waals surface area (Å²) in [4.78, 5) is 8.97. The number of rotatable bonds is 5. The lowest BCUT2D eigenvalue weighted by Crippen LogP contribution is -2.25. The van der Waals surface area contributed by atoms with Crippen molar-refractivity contribution in [1.82, 2.24) is 9.97 Å². The number of nitrogens with one attached hydrogen (secondary N) is 1. The fourth-order valence-corrected chi connectivity index (χ4v) is 2.99. The molecule has 4 heteroatoms. The van der Waals surface area contributed by atoms with Gasteiger partial charge >= 0.3 is 0 Å². The average molecular weight is 282 g/mol. The highest BCUT2D eigenvalue weighted by molar-refractivity contribution is 6.30. The third-order valence-corrected chi connectivity index (χ3v) is 4.45. The van der Waals surface area contributed by atoms with Crippen LogP contribution in [0.5, 0.6) is 0 Å². The second-order valence-electron chi connectivity index (χ2n) is 5.63. The van der Waals surface area contributed by atoms with Gasteiger partial charge in [0.15, 0.2) is 0 Å². The number of aromatic nitrogens is 2. The molecule has 0 spiro atoms. The van der Waals surface area contributed by atoms with Crippen LogP contribution in [0.4, 0.5) is 5.82 Å².